The maximum Gasteiger partial charge on any atom is 0.353 e. The first-order valence-corrected chi connectivity index (χ1v) is 11.4. The summed E-state index contributed by atoms with van der Waals surface area (Å²) in [6, 6.07) is -0.257. The van der Waals surface area contributed by atoms with E-state index in [-0.39, 0.29) is 40.8 Å². The minimum Gasteiger partial charge on any atom is -0.481 e. The van der Waals surface area contributed by atoms with Gasteiger partial charge in [-0.2, -0.15) is 0 Å². The number of nitrogens with one attached hydrogen (secondary N) is 2. The molecule has 4 aliphatic heterocycles. The van der Waals surface area contributed by atoms with Crippen LogP contribution in [0.3, 0.4) is 0 Å². The van der Waals surface area contributed by atoms with Gasteiger partial charge < -0.3 is 36.0 Å². The van der Waals surface area contributed by atoms with Gasteiger partial charge in [-0.05, 0) is 13.3 Å². The Kier molecular flexibility index (Phi) is 7.32. The van der Waals surface area contributed by atoms with Crippen LogP contribution in [-0.4, -0.2) is 92.3 Å². The molecular formula is C20H31N3O7S. The molecule has 0 bridgehead atoms. The van der Waals surface area contributed by atoms with Gasteiger partial charge in [-0.1, -0.05) is 6.92 Å². The van der Waals surface area contributed by atoms with E-state index in [1.54, 1.807) is 6.92 Å². The summed E-state index contributed by atoms with van der Waals surface area (Å²) in [7, 11) is 0. The van der Waals surface area contributed by atoms with Crippen LogP contribution in [0.5, 0.6) is 0 Å². The van der Waals surface area contributed by atoms with Crippen molar-refractivity contribution in [1.82, 2.24) is 15.5 Å². The Bertz CT molecular complexity index is 766. The molecule has 31 heavy (non-hydrogen) atoms. The van der Waals surface area contributed by atoms with Crippen molar-refractivity contribution in [3.63, 3.8) is 0 Å². The first-order chi connectivity index (χ1) is 14.5. The Labute approximate surface area is 185 Å². The molecule has 6 N–H and O–H groups in total. The lowest BCUT2D eigenvalue weighted by molar-refractivity contribution is -0.163. The van der Waals surface area contributed by atoms with E-state index in [1.165, 1.54) is 16.7 Å². The van der Waals surface area contributed by atoms with Gasteiger partial charge in [-0.3, -0.25) is 9.59 Å². The molecule has 7 atom stereocenters. The van der Waals surface area contributed by atoms with Crippen molar-refractivity contribution in [2.24, 2.45) is 17.8 Å². The summed E-state index contributed by atoms with van der Waals surface area (Å²) in [6.45, 7) is 6.98. The standard InChI is InChI=1S/C18H27N3O5S.C2H4O2/c1-7-13-12(8(2)22)17(24)21(13)14(18(25)26)16(7)27-10-3-11(20-6-10)15(23)9-4-19-5-9;1-2(3)4/h7-13,15,19-20,22-23H,3-6H2,1-2H3,(H,25,26);1H3,(H,3,4)/t7-,8-,10+,11+,12-,13-,15?;/m1./s1. The Morgan fingerprint density at radius 1 is 1.19 bits per heavy atom. The predicted octanol–water partition coefficient (Wildman–Crippen LogP) is -0.725. The zero-order chi connectivity index (χ0) is 23.0. The Morgan fingerprint density at radius 2 is 1.81 bits per heavy atom. The number of fused-ring (bicyclic) bond motifs is 1. The first kappa shape index (κ1) is 24.0. The molecule has 3 fully saturated rings. The third-order valence-corrected chi connectivity index (χ3v) is 7.95. The fourth-order valence-corrected chi connectivity index (χ4v) is 6.32. The highest BCUT2D eigenvalue weighted by Crippen LogP contribution is 2.51. The number of aliphatic hydroxyl groups excluding tert-OH is 2. The molecule has 0 aromatic carbocycles. The number of β-lactam (4-membered cyclic amide) rings is 1. The van der Waals surface area contributed by atoms with Crippen molar-refractivity contribution in [3.05, 3.63) is 10.6 Å². The van der Waals surface area contributed by atoms with E-state index in [1.807, 2.05) is 6.92 Å². The van der Waals surface area contributed by atoms with E-state index in [9.17, 15) is 24.9 Å². The lowest BCUT2D eigenvalue weighted by atomic mass is 9.79. The average molecular weight is 458 g/mol. The van der Waals surface area contributed by atoms with E-state index in [0.29, 0.717) is 6.54 Å². The molecule has 4 aliphatic rings. The molecule has 0 aromatic heterocycles. The van der Waals surface area contributed by atoms with Gasteiger partial charge in [0, 0.05) is 54.6 Å². The maximum atomic E-state index is 12.4. The number of thioether (sulfide) groups is 1. The van der Waals surface area contributed by atoms with Crippen LogP contribution in [0, 0.1) is 17.8 Å². The van der Waals surface area contributed by atoms with Gasteiger partial charge in [0.25, 0.3) is 5.97 Å². The summed E-state index contributed by atoms with van der Waals surface area (Å²) >= 11 is 1.52. The smallest absolute Gasteiger partial charge is 0.353 e. The number of amides is 1. The van der Waals surface area contributed by atoms with Gasteiger partial charge in [0.1, 0.15) is 5.70 Å². The number of aliphatic carboxylic acids is 2. The normalized spacial score (nSPS) is 34.3. The number of hydrogen-bond acceptors (Lipinski definition) is 8. The van der Waals surface area contributed by atoms with Crippen LogP contribution in [0.2, 0.25) is 0 Å². The molecule has 11 heteroatoms. The number of carboxylic acid groups (broad SMARTS) is 2. The third kappa shape index (κ3) is 4.61. The van der Waals surface area contributed by atoms with Crippen molar-refractivity contribution in [3.8, 4) is 0 Å². The van der Waals surface area contributed by atoms with Crippen molar-refractivity contribution < 1.29 is 34.8 Å². The second kappa shape index (κ2) is 9.45. The molecule has 0 aromatic rings. The molecule has 0 radical (unpaired) electrons. The summed E-state index contributed by atoms with van der Waals surface area (Å²) in [5.41, 5.74) is 0.0755. The Hall–Kier alpha value is -1.66. The summed E-state index contributed by atoms with van der Waals surface area (Å²) in [6.07, 6.45) is -0.416. The second-order valence-corrected chi connectivity index (χ2v) is 10.0. The molecule has 10 nitrogen and oxygen atoms in total. The van der Waals surface area contributed by atoms with E-state index < -0.39 is 30.1 Å². The van der Waals surface area contributed by atoms with Crippen LogP contribution in [0.4, 0.5) is 0 Å². The molecule has 1 unspecified atom stereocenters. The third-order valence-electron chi connectivity index (χ3n) is 6.44. The minimum absolute atomic E-state index is 0.0176. The quantitative estimate of drug-likeness (QED) is 0.281. The zero-order valence-corrected chi connectivity index (χ0v) is 18.6. The largest absolute Gasteiger partial charge is 0.481 e. The van der Waals surface area contributed by atoms with E-state index in [4.69, 9.17) is 9.90 Å². The number of nitrogens with zero attached hydrogens (tertiary/aromatic N) is 1. The fourth-order valence-electron chi connectivity index (χ4n) is 4.82. The van der Waals surface area contributed by atoms with Crippen molar-refractivity contribution >= 4 is 29.6 Å². The van der Waals surface area contributed by atoms with Crippen LogP contribution in [0.25, 0.3) is 0 Å². The molecule has 3 saturated heterocycles. The molecule has 4 heterocycles. The van der Waals surface area contributed by atoms with Crippen molar-refractivity contribution in [2.75, 3.05) is 19.6 Å². The molecule has 4 rings (SSSR count). The molecule has 174 valence electrons. The van der Waals surface area contributed by atoms with Crippen LogP contribution < -0.4 is 10.6 Å². The van der Waals surface area contributed by atoms with Gasteiger partial charge >= 0.3 is 5.97 Å². The average Bonchev–Trinajstić information content (AvgIpc) is 3.16. The summed E-state index contributed by atoms with van der Waals surface area (Å²) in [5, 5.41) is 44.2. The number of carboxylic acids is 2. The first-order valence-electron chi connectivity index (χ1n) is 10.5. The summed E-state index contributed by atoms with van der Waals surface area (Å²) in [4.78, 5) is 35.3. The van der Waals surface area contributed by atoms with Crippen LogP contribution in [-0.2, 0) is 14.4 Å². The fraction of sp³-hybridized carbons (Fsp3) is 0.750. The number of carbonyl (C=O) groups excluding carboxylic acids is 1. The second-order valence-electron chi connectivity index (χ2n) is 8.69. The highest BCUT2D eigenvalue weighted by Gasteiger charge is 2.60. The number of carbonyl (C=O) groups is 3. The van der Waals surface area contributed by atoms with Gasteiger partial charge in [0.15, 0.2) is 0 Å². The van der Waals surface area contributed by atoms with Gasteiger partial charge in [-0.15, -0.1) is 11.8 Å². The highest BCUT2D eigenvalue weighted by atomic mass is 32.2. The van der Waals surface area contributed by atoms with E-state index in [2.05, 4.69) is 10.6 Å². The van der Waals surface area contributed by atoms with Gasteiger partial charge in [0.2, 0.25) is 5.91 Å². The number of hydrogen-bond donors (Lipinski definition) is 6. The molecule has 0 spiro atoms. The molecule has 0 aliphatic carbocycles. The van der Waals surface area contributed by atoms with Gasteiger partial charge in [0.05, 0.1) is 24.2 Å². The lowest BCUT2D eigenvalue weighted by Gasteiger charge is -2.46. The molecule has 0 saturated carbocycles. The van der Waals surface area contributed by atoms with E-state index >= 15 is 0 Å². The van der Waals surface area contributed by atoms with E-state index in [0.717, 1.165) is 31.3 Å². The highest BCUT2D eigenvalue weighted by molar-refractivity contribution is 8.03. The molecule has 1 amide bonds. The topological polar surface area (TPSA) is 159 Å². The number of rotatable bonds is 6. The van der Waals surface area contributed by atoms with Gasteiger partial charge in [-0.25, -0.2) is 4.79 Å². The SMILES string of the molecule is CC(=O)O.C[C@@H](O)[C@H]1C(=O)N2C(C(=O)O)=C(S[C@@H]3CN[C@H](C(O)C4CNC4)C3)[C@H](C)[C@H]12. The maximum absolute atomic E-state index is 12.4. The minimum atomic E-state index is -1.09. The summed E-state index contributed by atoms with van der Waals surface area (Å²) in [5.74, 6) is -2.60. The van der Waals surface area contributed by atoms with Crippen molar-refractivity contribution in [2.45, 2.75) is 56.7 Å². The zero-order valence-electron chi connectivity index (χ0n) is 17.8. The predicted molar refractivity (Wildman–Crippen MR) is 113 cm³/mol. The number of aliphatic hydroxyl groups is 2. The van der Waals surface area contributed by atoms with Crippen LogP contribution in [0.1, 0.15) is 27.2 Å². The molecular weight excluding hydrogens is 426 g/mol. The lowest BCUT2D eigenvalue weighted by Crippen LogP contribution is -2.63. The van der Waals surface area contributed by atoms with Crippen LogP contribution in [0.15, 0.2) is 10.6 Å². The summed E-state index contributed by atoms with van der Waals surface area (Å²) < 4.78 is 0. The monoisotopic (exact) mass is 457 g/mol. The van der Waals surface area contributed by atoms with Crippen LogP contribution >= 0.6 is 11.8 Å². The van der Waals surface area contributed by atoms with Crippen molar-refractivity contribution in [1.29, 1.82) is 0 Å². The Balaban J connectivity index is 0.000000628. The Morgan fingerprint density at radius 3 is 2.29 bits per heavy atom.